The van der Waals surface area contributed by atoms with Crippen molar-refractivity contribution in [1.29, 1.82) is 0 Å². The minimum atomic E-state index is 0.256. The summed E-state index contributed by atoms with van der Waals surface area (Å²) < 4.78 is 11.2. The molecule has 0 atom stereocenters. The van der Waals surface area contributed by atoms with Gasteiger partial charge >= 0.3 is 0 Å². The maximum atomic E-state index is 5.77. The number of fused-ring (bicyclic) bond motifs is 1. The summed E-state index contributed by atoms with van der Waals surface area (Å²) in [7, 11) is 0. The predicted octanol–water partition coefficient (Wildman–Crippen LogP) is 2.30. The van der Waals surface area contributed by atoms with Gasteiger partial charge in [-0.3, -0.25) is 0 Å². The van der Waals surface area contributed by atoms with Crippen molar-refractivity contribution in [2.45, 2.75) is 13.0 Å². The Kier molecular flexibility index (Phi) is 3.60. The van der Waals surface area contributed by atoms with Crippen molar-refractivity contribution in [2.75, 3.05) is 6.54 Å². The summed E-state index contributed by atoms with van der Waals surface area (Å²) in [5, 5.41) is 10.0. The van der Waals surface area contributed by atoms with E-state index in [0.29, 0.717) is 24.7 Å². The Balaban J connectivity index is 1.76. The van der Waals surface area contributed by atoms with E-state index in [2.05, 4.69) is 10.2 Å². The maximum Gasteiger partial charge on any atom is 0.253 e. The summed E-state index contributed by atoms with van der Waals surface area (Å²) in [6.07, 6.45) is 0.585. The Morgan fingerprint density at radius 2 is 1.80 bits per heavy atom. The SMILES string of the molecule is NCCc1nnc(COc2cccc3ccccc23)o1. The summed E-state index contributed by atoms with van der Waals surface area (Å²) in [5.41, 5.74) is 5.44. The average Bonchev–Trinajstić information content (AvgIpc) is 2.93. The molecule has 0 aliphatic heterocycles. The van der Waals surface area contributed by atoms with E-state index >= 15 is 0 Å². The van der Waals surface area contributed by atoms with Crippen LogP contribution in [0, 0.1) is 0 Å². The van der Waals surface area contributed by atoms with Crippen LogP contribution in [0.5, 0.6) is 5.75 Å². The van der Waals surface area contributed by atoms with Gasteiger partial charge in [0, 0.05) is 18.4 Å². The summed E-state index contributed by atoms with van der Waals surface area (Å²) >= 11 is 0. The molecule has 1 heterocycles. The number of rotatable bonds is 5. The molecule has 1 aromatic heterocycles. The second-order valence-electron chi connectivity index (χ2n) is 4.39. The average molecular weight is 269 g/mol. The first-order chi connectivity index (χ1) is 9.86. The number of ether oxygens (including phenoxy) is 1. The van der Waals surface area contributed by atoms with Crippen molar-refractivity contribution in [3.63, 3.8) is 0 Å². The second kappa shape index (κ2) is 5.71. The Labute approximate surface area is 116 Å². The molecular formula is C15H15N3O2. The molecule has 0 saturated heterocycles. The Morgan fingerprint density at radius 3 is 2.70 bits per heavy atom. The van der Waals surface area contributed by atoms with Gasteiger partial charge in [0.2, 0.25) is 5.89 Å². The fraction of sp³-hybridized carbons (Fsp3) is 0.200. The van der Waals surface area contributed by atoms with Crippen LogP contribution in [0.3, 0.4) is 0 Å². The first-order valence-corrected chi connectivity index (χ1v) is 6.48. The molecule has 3 rings (SSSR count). The minimum absolute atomic E-state index is 0.256. The largest absolute Gasteiger partial charge is 0.483 e. The maximum absolute atomic E-state index is 5.77. The fourth-order valence-electron chi connectivity index (χ4n) is 2.03. The van der Waals surface area contributed by atoms with Crippen LogP contribution < -0.4 is 10.5 Å². The normalized spacial score (nSPS) is 10.8. The van der Waals surface area contributed by atoms with Gasteiger partial charge in [-0.1, -0.05) is 36.4 Å². The highest BCUT2D eigenvalue weighted by Gasteiger charge is 2.07. The van der Waals surface area contributed by atoms with Crippen LogP contribution in [-0.2, 0) is 13.0 Å². The standard InChI is InChI=1S/C15H15N3O2/c16-9-8-14-17-18-15(20-14)10-19-13-7-3-5-11-4-1-2-6-12(11)13/h1-7H,8-10,16H2. The zero-order valence-electron chi connectivity index (χ0n) is 11.0. The number of aromatic nitrogens is 2. The third kappa shape index (κ3) is 2.62. The zero-order valence-corrected chi connectivity index (χ0v) is 11.0. The quantitative estimate of drug-likeness (QED) is 0.769. The highest BCUT2D eigenvalue weighted by atomic mass is 16.5. The summed E-state index contributed by atoms with van der Waals surface area (Å²) in [6, 6.07) is 14.0. The van der Waals surface area contributed by atoms with Gasteiger partial charge < -0.3 is 14.9 Å². The van der Waals surface area contributed by atoms with E-state index in [-0.39, 0.29) is 6.61 Å². The number of nitrogens with zero attached hydrogens (tertiary/aromatic N) is 2. The lowest BCUT2D eigenvalue weighted by atomic mass is 10.1. The van der Waals surface area contributed by atoms with E-state index in [0.717, 1.165) is 16.5 Å². The van der Waals surface area contributed by atoms with E-state index in [9.17, 15) is 0 Å². The minimum Gasteiger partial charge on any atom is -0.483 e. The van der Waals surface area contributed by atoms with Crippen molar-refractivity contribution in [3.8, 4) is 5.75 Å². The van der Waals surface area contributed by atoms with Gasteiger partial charge in [-0.15, -0.1) is 10.2 Å². The number of hydrogen-bond donors (Lipinski definition) is 1. The molecule has 102 valence electrons. The third-order valence-electron chi connectivity index (χ3n) is 2.97. The van der Waals surface area contributed by atoms with E-state index in [1.807, 2.05) is 42.5 Å². The molecule has 0 spiro atoms. The van der Waals surface area contributed by atoms with Crippen molar-refractivity contribution in [1.82, 2.24) is 10.2 Å². The van der Waals surface area contributed by atoms with E-state index in [1.54, 1.807) is 0 Å². The Morgan fingerprint density at radius 1 is 1.00 bits per heavy atom. The molecule has 2 aromatic carbocycles. The molecule has 0 radical (unpaired) electrons. The van der Waals surface area contributed by atoms with Crippen LogP contribution in [-0.4, -0.2) is 16.7 Å². The van der Waals surface area contributed by atoms with Crippen molar-refractivity contribution in [2.24, 2.45) is 5.73 Å². The number of hydrogen-bond acceptors (Lipinski definition) is 5. The first kappa shape index (κ1) is 12.6. The van der Waals surface area contributed by atoms with Crippen molar-refractivity contribution in [3.05, 3.63) is 54.2 Å². The topological polar surface area (TPSA) is 74.2 Å². The summed E-state index contributed by atoms with van der Waals surface area (Å²) in [4.78, 5) is 0. The lowest BCUT2D eigenvalue weighted by Crippen LogP contribution is -2.02. The van der Waals surface area contributed by atoms with Crippen LogP contribution >= 0.6 is 0 Å². The van der Waals surface area contributed by atoms with E-state index in [1.165, 1.54) is 0 Å². The van der Waals surface area contributed by atoms with Crippen LogP contribution in [0.1, 0.15) is 11.8 Å². The molecule has 0 aliphatic carbocycles. The Hall–Kier alpha value is -2.40. The molecule has 5 nitrogen and oxygen atoms in total. The molecular weight excluding hydrogens is 254 g/mol. The van der Waals surface area contributed by atoms with Gasteiger partial charge in [-0.25, -0.2) is 0 Å². The van der Waals surface area contributed by atoms with Gasteiger partial charge in [-0.2, -0.15) is 0 Å². The molecule has 0 unspecified atom stereocenters. The van der Waals surface area contributed by atoms with E-state index in [4.69, 9.17) is 14.9 Å². The smallest absolute Gasteiger partial charge is 0.253 e. The summed E-state index contributed by atoms with van der Waals surface area (Å²) in [5.74, 6) is 1.81. The summed E-state index contributed by atoms with van der Waals surface area (Å²) in [6.45, 7) is 0.747. The van der Waals surface area contributed by atoms with Crippen molar-refractivity contribution < 1.29 is 9.15 Å². The molecule has 0 saturated carbocycles. The van der Waals surface area contributed by atoms with Gasteiger partial charge in [0.25, 0.3) is 5.89 Å². The van der Waals surface area contributed by atoms with Gasteiger partial charge in [0.15, 0.2) is 6.61 Å². The lowest BCUT2D eigenvalue weighted by Gasteiger charge is -2.07. The molecule has 0 amide bonds. The number of nitrogens with two attached hydrogens (primary N) is 1. The van der Waals surface area contributed by atoms with Crippen LogP contribution in [0.2, 0.25) is 0 Å². The van der Waals surface area contributed by atoms with Crippen LogP contribution in [0.15, 0.2) is 46.9 Å². The van der Waals surface area contributed by atoms with Crippen LogP contribution in [0.25, 0.3) is 10.8 Å². The van der Waals surface area contributed by atoms with Gasteiger partial charge in [-0.05, 0) is 11.5 Å². The lowest BCUT2D eigenvalue weighted by molar-refractivity contribution is 0.262. The van der Waals surface area contributed by atoms with Crippen LogP contribution in [0.4, 0.5) is 0 Å². The molecule has 3 aromatic rings. The van der Waals surface area contributed by atoms with Gasteiger partial charge in [0.05, 0.1) is 0 Å². The molecule has 0 fully saturated rings. The number of benzene rings is 2. The highest BCUT2D eigenvalue weighted by Crippen LogP contribution is 2.25. The highest BCUT2D eigenvalue weighted by molar-refractivity contribution is 5.88. The predicted molar refractivity (Wildman–Crippen MR) is 75.3 cm³/mol. The monoisotopic (exact) mass is 269 g/mol. The molecule has 0 aliphatic rings. The second-order valence-corrected chi connectivity index (χ2v) is 4.39. The third-order valence-corrected chi connectivity index (χ3v) is 2.97. The van der Waals surface area contributed by atoms with E-state index < -0.39 is 0 Å². The molecule has 0 bridgehead atoms. The molecule has 20 heavy (non-hydrogen) atoms. The fourth-order valence-corrected chi connectivity index (χ4v) is 2.03. The zero-order chi connectivity index (χ0) is 13.8. The van der Waals surface area contributed by atoms with Crippen molar-refractivity contribution >= 4 is 10.8 Å². The first-order valence-electron chi connectivity index (χ1n) is 6.48. The molecule has 2 N–H and O–H groups in total. The molecule has 5 heteroatoms. The Bertz CT molecular complexity index is 704. The van der Waals surface area contributed by atoms with Gasteiger partial charge in [0.1, 0.15) is 5.75 Å².